The van der Waals surface area contributed by atoms with Crippen molar-refractivity contribution in [3.8, 4) is 0 Å². The van der Waals surface area contributed by atoms with Crippen molar-refractivity contribution in [1.82, 2.24) is 5.32 Å². The Hall–Kier alpha value is -1.39. The summed E-state index contributed by atoms with van der Waals surface area (Å²) >= 11 is 0. The molecule has 1 rings (SSSR count). The van der Waals surface area contributed by atoms with E-state index in [0.29, 0.717) is 5.56 Å². The van der Waals surface area contributed by atoms with Crippen LogP contribution in [0.15, 0.2) is 30.3 Å². The lowest BCUT2D eigenvalue weighted by Crippen LogP contribution is -2.42. The molecule has 0 spiro atoms. The Bertz CT molecular complexity index is 407. The highest BCUT2D eigenvalue weighted by Gasteiger charge is 2.43. The maximum atomic E-state index is 12.1. The van der Waals surface area contributed by atoms with Crippen LogP contribution in [-0.4, -0.2) is 31.8 Å². The molecule has 0 amide bonds. The van der Waals surface area contributed by atoms with Gasteiger partial charge in [-0.1, -0.05) is 43.7 Å². The Labute approximate surface area is 121 Å². The first kappa shape index (κ1) is 16.7. The molecule has 0 aromatic heterocycles. The van der Waals surface area contributed by atoms with Crippen molar-refractivity contribution >= 4 is 5.97 Å². The van der Waals surface area contributed by atoms with E-state index in [9.17, 15) is 9.90 Å². The zero-order valence-corrected chi connectivity index (χ0v) is 12.6. The number of aliphatic hydroxyl groups is 1. The predicted molar refractivity (Wildman–Crippen MR) is 79.3 cm³/mol. The second-order valence-electron chi connectivity index (χ2n) is 5.12. The molecule has 4 heteroatoms. The molecular formula is C16H25NO3. The fourth-order valence-electron chi connectivity index (χ4n) is 2.41. The van der Waals surface area contributed by atoms with E-state index in [-0.39, 0.29) is 5.92 Å². The molecule has 1 aromatic rings. The summed E-state index contributed by atoms with van der Waals surface area (Å²) in [6, 6.07) is 9.02. The third kappa shape index (κ3) is 3.81. The Morgan fingerprint density at radius 2 is 2.00 bits per heavy atom. The fourth-order valence-corrected chi connectivity index (χ4v) is 2.41. The molecule has 0 radical (unpaired) electrons. The van der Waals surface area contributed by atoms with Crippen molar-refractivity contribution in [2.75, 3.05) is 20.7 Å². The molecule has 0 heterocycles. The van der Waals surface area contributed by atoms with Gasteiger partial charge in [-0.2, -0.15) is 0 Å². The largest absolute Gasteiger partial charge is 0.467 e. The van der Waals surface area contributed by atoms with Gasteiger partial charge in [-0.15, -0.1) is 0 Å². The van der Waals surface area contributed by atoms with Gasteiger partial charge in [0.15, 0.2) is 5.60 Å². The van der Waals surface area contributed by atoms with Crippen molar-refractivity contribution in [2.24, 2.45) is 5.92 Å². The van der Waals surface area contributed by atoms with Gasteiger partial charge >= 0.3 is 5.97 Å². The van der Waals surface area contributed by atoms with Crippen molar-refractivity contribution < 1.29 is 14.6 Å². The van der Waals surface area contributed by atoms with Crippen molar-refractivity contribution in [3.05, 3.63) is 35.9 Å². The van der Waals surface area contributed by atoms with E-state index < -0.39 is 11.6 Å². The van der Waals surface area contributed by atoms with Gasteiger partial charge in [-0.25, -0.2) is 4.79 Å². The zero-order valence-electron chi connectivity index (χ0n) is 12.6. The molecule has 0 fully saturated rings. The number of methoxy groups -OCH3 is 1. The molecular weight excluding hydrogens is 254 g/mol. The molecule has 0 unspecified atom stereocenters. The Kier molecular flexibility index (Phi) is 6.68. The second kappa shape index (κ2) is 8.02. The number of carbonyl (C=O) groups excluding carboxylic acids is 1. The van der Waals surface area contributed by atoms with Crippen LogP contribution in [0.25, 0.3) is 0 Å². The minimum atomic E-state index is -1.57. The van der Waals surface area contributed by atoms with E-state index in [2.05, 4.69) is 5.32 Å². The summed E-state index contributed by atoms with van der Waals surface area (Å²) in [7, 11) is 3.22. The van der Waals surface area contributed by atoms with Crippen LogP contribution in [-0.2, 0) is 15.1 Å². The topological polar surface area (TPSA) is 58.6 Å². The molecule has 2 atom stereocenters. The number of rotatable bonds is 8. The first-order valence-electron chi connectivity index (χ1n) is 7.08. The van der Waals surface area contributed by atoms with Gasteiger partial charge in [0.1, 0.15) is 0 Å². The third-order valence-electron chi connectivity index (χ3n) is 3.74. The summed E-state index contributed by atoms with van der Waals surface area (Å²) in [5.41, 5.74) is -0.983. The molecule has 0 saturated heterocycles. The van der Waals surface area contributed by atoms with E-state index >= 15 is 0 Å². The van der Waals surface area contributed by atoms with Crippen LogP contribution in [0.4, 0.5) is 0 Å². The standard InChI is InChI=1S/C16H25NO3/c1-13(9-7-8-12-17-2)16(19,15(18)20-3)14-10-5-4-6-11-14/h4-6,10-11,13,17,19H,7-9,12H2,1-3H3/t13-,16+/m1/s1. The van der Waals surface area contributed by atoms with Crippen LogP contribution in [0.2, 0.25) is 0 Å². The monoisotopic (exact) mass is 279 g/mol. The summed E-state index contributed by atoms with van der Waals surface area (Å²) in [5.74, 6) is -0.793. The number of ether oxygens (including phenoxy) is 1. The van der Waals surface area contributed by atoms with Crippen LogP contribution in [0.5, 0.6) is 0 Å². The molecule has 0 aliphatic rings. The molecule has 0 saturated carbocycles. The number of carbonyl (C=O) groups is 1. The van der Waals surface area contributed by atoms with Crippen LogP contribution < -0.4 is 5.32 Å². The number of hydrogen-bond donors (Lipinski definition) is 2. The van der Waals surface area contributed by atoms with Gasteiger partial charge in [0.05, 0.1) is 7.11 Å². The van der Waals surface area contributed by atoms with Crippen LogP contribution in [0, 0.1) is 5.92 Å². The summed E-state index contributed by atoms with van der Waals surface area (Å²) in [5, 5.41) is 14.0. The highest BCUT2D eigenvalue weighted by molar-refractivity contribution is 5.81. The predicted octanol–water partition coefficient (Wildman–Crippen LogP) is 2.07. The number of benzene rings is 1. The summed E-state index contributed by atoms with van der Waals surface area (Å²) < 4.78 is 4.82. The summed E-state index contributed by atoms with van der Waals surface area (Å²) in [4.78, 5) is 12.1. The Morgan fingerprint density at radius 1 is 1.35 bits per heavy atom. The smallest absolute Gasteiger partial charge is 0.342 e. The molecule has 1 aromatic carbocycles. The highest BCUT2D eigenvalue weighted by atomic mass is 16.5. The number of esters is 1. The lowest BCUT2D eigenvalue weighted by molar-refractivity contribution is -0.170. The van der Waals surface area contributed by atoms with E-state index in [0.717, 1.165) is 25.8 Å². The second-order valence-corrected chi connectivity index (χ2v) is 5.12. The molecule has 20 heavy (non-hydrogen) atoms. The van der Waals surface area contributed by atoms with Crippen molar-refractivity contribution in [3.63, 3.8) is 0 Å². The maximum absolute atomic E-state index is 12.1. The van der Waals surface area contributed by atoms with E-state index in [4.69, 9.17) is 4.74 Å². The maximum Gasteiger partial charge on any atom is 0.342 e. The Morgan fingerprint density at radius 3 is 2.55 bits per heavy atom. The summed E-state index contributed by atoms with van der Waals surface area (Å²) in [6.07, 6.45) is 2.74. The Balaban J connectivity index is 2.86. The van der Waals surface area contributed by atoms with E-state index in [1.165, 1.54) is 7.11 Å². The lowest BCUT2D eigenvalue weighted by Gasteiger charge is -2.32. The number of nitrogens with one attached hydrogen (secondary N) is 1. The van der Waals surface area contributed by atoms with E-state index in [1.807, 2.05) is 32.2 Å². The molecule has 0 bridgehead atoms. The van der Waals surface area contributed by atoms with Gasteiger partial charge < -0.3 is 15.2 Å². The molecule has 4 nitrogen and oxygen atoms in total. The van der Waals surface area contributed by atoms with Gasteiger partial charge in [0, 0.05) is 5.92 Å². The highest BCUT2D eigenvalue weighted by Crippen LogP contribution is 2.34. The van der Waals surface area contributed by atoms with Gasteiger partial charge in [-0.3, -0.25) is 0 Å². The normalized spacial score (nSPS) is 15.4. The zero-order chi connectivity index (χ0) is 15.0. The van der Waals surface area contributed by atoms with Crippen LogP contribution in [0.1, 0.15) is 31.7 Å². The first-order chi connectivity index (χ1) is 9.57. The number of hydrogen-bond acceptors (Lipinski definition) is 4. The van der Waals surface area contributed by atoms with Crippen LogP contribution in [0.3, 0.4) is 0 Å². The third-order valence-corrected chi connectivity index (χ3v) is 3.74. The van der Waals surface area contributed by atoms with Gasteiger partial charge in [0.2, 0.25) is 0 Å². The SMILES string of the molecule is CNCCCC[C@@H](C)[C@@](O)(C(=O)OC)c1ccccc1. The fraction of sp³-hybridized carbons (Fsp3) is 0.562. The van der Waals surface area contributed by atoms with Gasteiger partial charge in [-0.05, 0) is 32.0 Å². The van der Waals surface area contributed by atoms with Crippen molar-refractivity contribution in [2.45, 2.75) is 31.8 Å². The van der Waals surface area contributed by atoms with E-state index in [1.54, 1.807) is 12.1 Å². The quantitative estimate of drug-likeness (QED) is 0.565. The minimum absolute atomic E-state index is 0.200. The minimum Gasteiger partial charge on any atom is -0.467 e. The number of unbranched alkanes of at least 4 members (excludes halogenated alkanes) is 1. The average molecular weight is 279 g/mol. The van der Waals surface area contributed by atoms with Crippen LogP contribution >= 0.6 is 0 Å². The lowest BCUT2D eigenvalue weighted by atomic mass is 9.79. The van der Waals surface area contributed by atoms with Crippen molar-refractivity contribution in [1.29, 1.82) is 0 Å². The average Bonchev–Trinajstić information content (AvgIpc) is 2.50. The summed E-state index contributed by atoms with van der Waals surface area (Å²) in [6.45, 7) is 2.83. The molecule has 0 aliphatic carbocycles. The van der Waals surface area contributed by atoms with Gasteiger partial charge in [0.25, 0.3) is 0 Å². The molecule has 112 valence electrons. The molecule has 2 N–H and O–H groups in total. The first-order valence-corrected chi connectivity index (χ1v) is 7.08. The molecule has 0 aliphatic heterocycles.